The van der Waals surface area contributed by atoms with Crippen LogP contribution in [-0.2, 0) is 28.9 Å². The molecular weight excluding hydrogens is 298 g/mol. The van der Waals surface area contributed by atoms with Gasteiger partial charge in [-0.2, -0.15) is 0 Å². The summed E-state index contributed by atoms with van der Waals surface area (Å²) >= 11 is 1.80. The summed E-state index contributed by atoms with van der Waals surface area (Å²) in [5, 5.41) is 4.10. The molecule has 0 radical (unpaired) electrons. The van der Waals surface area contributed by atoms with E-state index in [0.29, 0.717) is 26.1 Å². The number of nitrogens with one attached hydrogen (secondary N) is 1. The summed E-state index contributed by atoms with van der Waals surface area (Å²) in [4.78, 5) is 31.7. The van der Waals surface area contributed by atoms with Crippen LogP contribution in [0.5, 0.6) is 0 Å². The van der Waals surface area contributed by atoms with Gasteiger partial charge in [0.1, 0.15) is 0 Å². The molecule has 1 aromatic rings. The molecule has 0 spiro atoms. The predicted molar refractivity (Wildman–Crippen MR) is 85.8 cm³/mol. The molecular formula is C16H23N3O2S. The van der Waals surface area contributed by atoms with Crippen molar-refractivity contribution in [2.45, 2.75) is 45.4 Å². The third kappa shape index (κ3) is 3.32. The molecule has 0 saturated carbocycles. The zero-order valence-corrected chi connectivity index (χ0v) is 13.9. The van der Waals surface area contributed by atoms with Crippen LogP contribution in [0.3, 0.4) is 0 Å². The van der Waals surface area contributed by atoms with E-state index in [2.05, 4.69) is 10.3 Å². The first-order valence-corrected chi connectivity index (χ1v) is 9.02. The molecule has 3 rings (SSSR count). The Morgan fingerprint density at radius 3 is 2.95 bits per heavy atom. The lowest BCUT2D eigenvalue weighted by Gasteiger charge is -2.13. The standard InChI is InChI=1S/C16H23N3O2S/c1-2-19-10-11(9-15(19)20)16(21)17-8-7-14-18-12-5-3-4-6-13(12)22-14/h11H,2-10H2,1H3,(H,17,21). The molecule has 1 N–H and O–H groups in total. The summed E-state index contributed by atoms with van der Waals surface area (Å²) < 4.78 is 0. The highest BCUT2D eigenvalue weighted by Gasteiger charge is 2.33. The summed E-state index contributed by atoms with van der Waals surface area (Å²) in [6.07, 6.45) is 5.93. The van der Waals surface area contributed by atoms with Gasteiger partial charge in [-0.25, -0.2) is 4.98 Å². The van der Waals surface area contributed by atoms with E-state index in [1.54, 1.807) is 16.2 Å². The van der Waals surface area contributed by atoms with Crippen molar-refractivity contribution < 1.29 is 9.59 Å². The average molecular weight is 321 g/mol. The van der Waals surface area contributed by atoms with Gasteiger partial charge < -0.3 is 10.2 Å². The highest BCUT2D eigenvalue weighted by molar-refractivity contribution is 7.11. The van der Waals surface area contributed by atoms with Crippen molar-refractivity contribution >= 4 is 23.2 Å². The molecule has 2 amide bonds. The molecule has 2 heterocycles. The maximum absolute atomic E-state index is 12.1. The lowest BCUT2D eigenvalue weighted by Crippen LogP contribution is -2.34. The number of nitrogens with zero attached hydrogens (tertiary/aromatic N) is 2. The Balaban J connectivity index is 1.46. The summed E-state index contributed by atoms with van der Waals surface area (Å²) in [5.74, 6) is -0.0854. The van der Waals surface area contributed by atoms with E-state index >= 15 is 0 Å². The maximum Gasteiger partial charge on any atom is 0.225 e. The number of carbonyl (C=O) groups excluding carboxylic acids is 2. The molecule has 22 heavy (non-hydrogen) atoms. The number of thiazole rings is 1. The number of fused-ring (bicyclic) bond motifs is 1. The van der Waals surface area contributed by atoms with Gasteiger partial charge in [-0.15, -0.1) is 11.3 Å². The Labute approximate surface area is 135 Å². The van der Waals surface area contributed by atoms with Gasteiger partial charge in [0, 0.05) is 37.4 Å². The van der Waals surface area contributed by atoms with Crippen molar-refractivity contribution in [3.8, 4) is 0 Å². The van der Waals surface area contributed by atoms with Gasteiger partial charge in [-0.1, -0.05) is 0 Å². The van der Waals surface area contributed by atoms with Crippen LogP contribution < -0.4 is 5.32 Å². The summed E-state index contributed by atoms with van der Waals surface area (Å²) in [7, 11) is 0. The van der Waals surface area contributed by atoms with Crippen molar-refractivity contribution in [3.63, 3.8) is 0 Å². The number of likely N-dealkylation sites (tertiary alicyclic amines) is 1. The Hall–Kier alpha value is -1.43. The van der Waals surface area contributed by atoms with Crippen LogP contribution in [0.25, 0.3) is 0 Å². The van der Waals surface area contributed by atoms with Crippen molar-refractivity contribution in [1.29, 1.82) is 0 Å². The normalized spacial score (nSPS) is 21.0. The summed E-state index contributed by atoms with van der Waals surface area (Å²) in [5.41, 5.74) is 1.28. The van der Waals surface area contributed by atoms with Crippen molar-refractivity contribution in [2.24, 2.45) is 5.92 Å². The average Bonchev–Trinajstić information content (AvgIpc) is 3.09. The number of aryl methyl sites for hydroxylation is 2. The first-order valence-electron chi connectivity index (χ1n) is 8.20. The minimum Gasteiger partial charge on any atom is -0.355 e. The van der Waals surface area contributed by atoms with Crippen LogP contribution >= 0.6 is 11.3 Å². The molecule has 0 bridgehead atoms. The fourth-order valence-electron chi connectivity index (χ4n) is 3.20. The predicted octanol–water partition coefficient (Wildman–Crippen LogP) is 1.55. The second kappa shape index (κ2) is 6.77. The minimum absolute atomic E-state index is 0.00520. The first-order chi connectivity index (χ1) is 10.7. The summed E-state index contributed by atoms with van der Waals surface area (Å²) in [6, 6.07) is 0. The van der Waals surface area contributed by atoms with Gasteiger partial charge in [0.2, 0.25) is 11.8 Å². The number of hydrogen-bond acceptors (Lipinski definition) is 4. The van der Waals surface area contributed by atoms with Crippen LogP contribution in [0, 0.1) is 5.92 Å². The molecule has 5 nitrogen and oxygen atoms in total. The van der Waals surface area contributed by atoms with Crippen molar-refractivity contribution in [1.82, 2.24) is 15.2 Å². The topological polar surface area (TPSA) is 62.3 Å². The van der Waals surface area contributed by atoms with Crippen molar-refractivity contribution in [2.75, 3.05) is 19.6 Å². The maximum atomic E-state index is 12.1. The molecule has 1 fully saturated rings. The Morgan fingerprint density at radius 2 is 2.23 bits per heavy atom. The lowest BCUT2D eigenvalue weighted by molar-refractivity contribution is -0.128. The van der Waals surface area contributed by atoms with Crippen LogP contribution in [0.1, 0.15) is 41.8 Å². The second-order valence-electron chi connectivity index (χ2n) is 6.06. The van der Waals surface area contributed by atoms with E-state index in [1.807, 2.05) is 6.92 Å². The second-order valence-corrected chi connectivity index (χ2v) is 7.23. The van der Waals surface area contributed by atoms with E-state index in [9.17, 15) is 9.59 Å². The van der Waals surface area contributed by atoms with E-state index in [1.165, 1.54) is 23.4 Å². The molecule has 1 unspecified atom stereocenters. The third-order valence-corrected chi connectivity index (χ3v) is 5.71. The molecule has 2 aliphatic rings. The first kappa shape index (κ1) is 15.5. The Bertz CT molecular complexity index is 546. The molecule has 1 aliphatic heterocycles. The highest BCUT2D eigenvalue weighted by Crippen LogP contribution is 2.26. The van der Waals surface area contributed by atoms with Gasteiger partial charge in [0.25, 0.3) is 0 Å². The molecule has 1 saturated heterocycles. The van der Waals surface area contributed by atoms with Crippen molar-refractivity contribution in [3.05, 3.63) is 15.6 Å². The number of rotatable bonds is 5. The van der Waals surface area contributed by atoms with Crippen LogP contribution in [0.4, 0.5) is 0 Å². The largest absolute Gasteiger partial charge is 0.355 e. The number of carbonyl (C=O) groups is 2. The van der Waals surface area contributed by atoms with Crippen LogP contribution in [0.15, 0.2) is 0 Å². The zero-order chi connectivity index (χ0) is 15.5. The van der Waals surface area contributed by atoms with Gasteiger partial charge in [0.05, 0.1) is 16.6 Å². The third-order valence-electron chi connectivity index (χ3n) is 4.50. The smallest absolute Gasteiger partial charge is 0.225 e. The fraction of sp³-hybridized carbons (Fsp3) is 0.688. The van der Waals surface area contributed by atoms with Crippen LogP contribution in [0.2, 0.25) is 0 Å². The van der Waals surface area contributed by atoms with E-state index in [4.69, 9.17) is 0 Å². The van der Waals surface area contributed by atoms with Crippen LogP contribution in [-0.4, -0.2) is 41.3 Å². The quantitative estimate of drug-likeness (QED) is 0.895. The molecule has 1 aliphatic carbocycles. The molecule has 6 heteroatoms. The Kier molecular flexibility index (Phi) is 4.76. The van der Waals surface area contributed by atoms with E-state index in [0.717, 1.165) is 24.3 Å². The summed E-state index contributed by atoms with van der Waals surface area (Å²) in [6.45, 7) is 3.81. The zero-order valence-electron chi connectivity index (χ0n) is 13.1. The van der Waals surface area contributed by atoms with Gasteiger partial charge in [-0.3, -0.25) is 9.59 Å². The van der Waals surface area contributed by atoms with Gasteiger partial charge >= 0.3 is 0 Å². The molecule has 0 aromatic carbocycles. The highest BCUT2D eigenvalue weighted by atomic mass is 32.1. The van der Waals surface area contributed by atoms with Gasteiger partial charge in [-0.05, 0) is 32.6 Å². The number of amides is 2. The SMILES string of the molecule is CCN1CC(C(=O)NCCc2nc3c(s2)CCCC3)CC1=O. The fourth-order valence-corrected chi connectivity index (χ4v) is 4.36. The lowest BCUT2D eigenvalue weighted by atomic mass is 10.0. The molecule has 1 aromatic heterocycles. The number of aromatic nitrogens is 1. The van der Waals surface area contributed by atoms with E-state index < -0.39 is 0 Å². The monoisotopic (exact) mass is 321 g/mol. The molecule has 1 atom stereocenters. The molecule has 120 valence electrons. The van der Waals surface area contributed by atoms with E-state index in [-0.39, 0.29) is 17.7 Å². The number of hydrogen-bond donors (Lipinski definition) is 1. The van der Waals surface area contributed by atoms with Gasteiger partial charge in [0.15, 0.2) is 0 Å². The minimum atomic E-state index is -0.183. The Morgan fingerprint density at radius 1 is 1.41 bits per heavy atom.